The highest BCUT2D eigenvalue weighted by Gasteiger charge is 2.36. The first-order chi connectivity index (χ1) is 8.88. The number of aliphatic hydroxyl groups excluding tert-OH is 1. The van der Waals surface area contributed by atoms with Crippen molar-refractivity contribution in [3.63, 3.8) is 0 Å². The lowest BCUT2D eigenvalue weighted by atomic mass is 9.88. The molecule has 1 fully saturated rings. The van der Waals surface area contributed by atoms with Gasteiger partial charge in [-0.05, 0) is 39.2 Å². The van der Waals surface area contributed by atoms with E-state index >= 15 is 0 Å². The molecule has 2 rings (SSSR count). The largest absolute Gasteiger partial charge is 0.391 e. The van der Waals surface area contributed by atoms with Crippen LogP contribution in [-0.4, -0.2) is 34.1 Å². The Balaban J connectivity index is 2.10. The van der Waals surface area contributed by atoms with E-state index < -0.39 is 0 Å². The molecule has 0 spiro atoms. The number of benzene rings is 1. The minimum Gasteiger partial charge on any atom is -0.391 e. The number of aryl methyl sites for hydroxylation is 1. The maximum Gasteiger partial charge on any atom is 0.227 e. The molecule has 1 unspecified atom stereocenters. The van der Waals surface area contributed by atoms with Gasteiger partial charge in [0.05, 0.1) is 12.5 Å². The molecule has 1 heterocycles. The molecule has 1 aliphatic heterocycles. The Morgan fingerprint density at radius 3 is 2.89 bits per heavy atom. The molecule has 1 aliphatic rings. The lowest BCUT2D eigenvalue weighted by molar-refractivity contribution is -0.141. The van der Waals surface area contributed by atoms with Crippen LogP contribution in [0, 0.1) is 6.92 Å². The summed E-state index contributed by atoms with van der Waals surface area (Å²) in [6.45, 7) is 6.64. The van der Waals surface area contributed by atoms with Crippen LogP contribution in [0.1, 0.15) is 37.8 Å². The molecule has 1 amide bonds. The zero-order valence-corrected chi connectivity index (χ0v) is 12.0. The highest BCUT2D eigenvalue weighted by atomic mass is 16.3. The number of hydrogen-bond acceptors (Lipinski definition) is 2. The molecule has 0 aliphatic carbocycles. The normalized spacial score (nSPS) is 22.3. The highest BCUT2D eigenvalue weighted by molar-refractivity contribution is 5.79. The quantitative estimate of drug-likeness (QED) is 0.887. The second-order valence-corrected chi connectivity index (χ2v) is 6.18. The van der Waals surface area contributed by atoms with Gasteiger partial charge in [-0.1, -0.05) is 29.8 Å². The van der Waals surface area contributed by atoms with Gasteiger partial charge in [-0.2, -0.15) is 0 Å². The van der Waals surface area contributed by atoms with Crippen molar-refractivity contribution in [2.75, 3.05) is 6.54 Å². The number of nitrogens with zero attached hydrogens (tertiary/aromatic N) is 1. The Morgan fingerprint density at radius 1 is 1.47 bits per heavy atom. The van der Waals surface area contributed by atoms with E-state index in [2.05, 4.69) is 13.8 Å². The van der Waals surface area contributed by atoms with Crippen LogP contribution in [-0.2, 0) is 11.2 Å². The fraction of sp³-hybridized carbons (Fsp3) is 0.562. The Hall–Kier alpha value is -1.35. The van der Waals surface area contributed by atoms with Gasteiger partial charge in [0.25, 0.3) is 0 Å². The zero-order valence-electron chi connectivity index (χ0n) is 12.0. The number of amides is 1. The average molecular weight is 261 g/mol. The summed E-state index contributed by atoms with van der Waals surface area (Å²) in [5.41, 5.74) is 2.06. The Morgan fingerprint density at radius 2 is 2.21 bits per heavy atom. The first kappa shape index (κ1) is 14.1. The predicted octanol–water partition coefficient (Wildman–Crippen LogP) is 2.30. The summed E-state index contributed by atoms with van der Waals surface area (Å²) >= 11 is 0. The number of aliphatic hydroxyl groups is 1. The highest BCUT2D eigenvalue weighted by Crippen LogP contribution is 2.28. The van der Waals surface area contributed by atoms with Crippen LogP contribution in [0.5, 0.6) is 0 Å². The van der Waals surface area contributed by atoms with E-state index in [9.17, 15) is 9.90 Å². The smallest absolute Gasteiger partial charge is 0.227 e. The topological polar surface area (TPSA) is 40.5 Å². The van der Waals surface area contributed by atoms with Crippen LogP contribution in [0.15, 0.2) is 24.3 Å². The van der Waals surface area contributed by atoms with Crippen LogP contribution >= 0.6 is 0 Å². The van der Waals surface area contributed by atoms with Crippen molar-refractivity contribution in [3.8, 4) is 0 Å². The van der Waals surface area contributed by atoms with Crippen molar-refractivity contribution in [1.29, 1.82) is 0 Å². The zero-order chi connectivity index (χ0) is 14.0. The van der Waals surface area contributed by atoms with Crippen molar-refractivity contribution in [1.82, 2.24) is 4.90 Å². The van der Waals surface area contributed by atoms with Crippen LogP contribution in [0.4, 0.5) is 0 Å². The van der Waals surface area contributed by atoms with Gasteiger partial charge in [0, 0.05) is 12.1 Å². The van der Waals surface area contributed by atoms with Crippen LogP contribution in [0.3, 0.4) is 0 Å². The minimum absolute atomic E-state index is 0.106. The molecule has 0 radical (unpaired) electrons. The first-order valence-electron chi connectivity index (χ1n) is 6.92. The number of carbonyl (C=O) groups excluding carboxylic acids is 1. The molecule has 1 aromatic rings. The summed E-state index contributed by atoms with van der Waals surface area (Å²) in [6.07, 6.45) is 1.67. The van der Waals surface area contributed by atoms with Gasteiger partial charge in [-0.25, -0.2) is 0 Å². The lowest BCUT2D eigenvalue weighted by Gasteiger charge is -2.44. The van der Waals surface area contributed by atoms with E-state index in [1.807, 2.05) is 36.1 Å². The van der Waals surface area contributed by atoms with Crippen molar-refractivity contribution < 1.29 is 9.90 Å². The second kappa shape index (κ2) is 5.33. The number of β-amino-alcohol motifs (C(OH)–C–C–N with tert-alkyl or cyclic N) is 1. The van der Waals surface area contributed by atoms with Crippen molar-refractivity contribution >= 4 is 5.91 Å². The van der Waals surface area contributed by atoms with Gasteiger partial charge < -0.3 is 10.0 Å². The third-order valence-electron chi connectivity index (χ3n) is 3.95. The maximum absolute atomic E-state index is 12.5. The summed E-state index contributed by atoms with van der Waals surface area (Å²) in [5.74, 6) is 0.106. The molecular weight excluding hydrogens is 238 g/mol. The fourth-order valence-electron chi connectivity index (χ4n) is 2.74. The van der Waals surface area contributed by atoms with Crippen LogP contribution in [0.2, 0.25) is 0 Å². The molecular formula is C16H23NO2. The predicted molar refractivity (Wildman–Crippen MR) is 75.9 cm³/mol. The first-order valence-corrected chi connectivity index (χ1v) is 6.92. The number of piperidine rings is 1. The third kappa shape index (κ3) is 3.35. The van der Waals surface area contributed by atoms with Crippen LogP contribution in [0.25, 0.3) is 0 Å². The maximum atomic E-state index is 12.5. The standard InChI is InChI=1S/C16H23NO2/c1-12-5-4-6-13(9-12)10-15(19)17-11-14(18)7-8-16(17,2)3/h4-6,9,14,18H,7-8,10-11H2,1-3H3. The Bertz CT molecular complexity index is 468. The van der Waals surface area contributed by atoms with E-state index in [1.54, 1.807) is 0 Å². The van der Waals surface area contributed by atoms with Crippen molar-refractivity contribution in [3.05, 3.63) is 35.4 Å². The number of likely N-dealkylation sites (tertiary alicyclic amines) is 1. The number of rotatable bonds is 2. The Kier molecular flexibility index (Phi) is 3.95. The van der Waals surface area contributed by atoms with Gasteiger partial charge in [-0.3, -0.25) is 4.79 Å². The van der Waals surface area contributed by atoms with Crippen molar-refractivity contribution in [2.45, 2.75) is 51.7 Å². The van der Waals surface area contributed by atoms with E-state index in [0.29, 0.717) is 13.0 Å². The SMILES string of the molecule is Cc1cccc(CC(=O)N2CC(O)CCC2(C)C)c1. The van der Waals surface area contributed by atoms with Gasteiger partial charge in [-0.15, -0.1) is 0 Å². The molecule has 3 nitrogen and oxygen atoms in total. The third-order valence-corrected chi connectivity index (χ3v) is 3.95. The van der Waals surface area contributed by atoms with E-state index in [1.165, 1.54) is 5.56 Å². The van der Waals surface area contributed by atoms with E-state index in [-0.39, 0.29) is 17.6 Å². The molecule has 0 aromatic heterocycles. The summed E-state index contributed by atoms with van der Waals surface area (Å²) < 4.78 is 0. The summed E-state index contributed by atoms with van der Waals surface area (Å²) in [6, 6.07) is 8.04. The monoisotopic (exact) mass is 261 g/mol. The van der Waals surface area contributed by atoms with E-state index in [4.69, 9.17) is 0 Å². The molecule has 1 aromatic carbocycles. The average Bonchev–Trinajstić information content (AvgIpc) is 2.32. The van der Waals surface area contributed by atoms with Crippen molar-refractivity contribution in [2.24, 2.45) is 0 Å². The summed E-state index contributed by atoms with van der Waals surface area (Å²) in [4.78, 5) is 14.3. The van der Waals surface area contributed by atoms with Gasteiger partial charge in [0.2, 0.25) is 5.91 Å². The summed E-state index contributed by atoms with van der Waals surface area (Å²) in [7, 11) is 0. The number of carbonyl (C=O) groups is 1. The fourth-order valence-corrected chi connectivity index (χ4v) is 2.74. The Labute approximate surface area is 115 Å². The summed E-state index contributed by atoms with van der Waals surface area (Å²) in [5, 5.41) is 9.78. The molecule has 19 heavy (non-hydrogen) atoms. The second-order valence-electron chi connectivity index (χ2n) is 6.18. The van der Waals surface area contributed by atoms with Gasteiger partial charge >= 0.3 is 0 Å². The molecule has 1 N–H and O–H groups in total. The molecule has 1 saturated heterocycles. The number of hydrogen-bond donors (Lipinski definition) is 1. The molecule has 104 valence electrons. The van der Waals surface area contributed by atoms with Crippen LogP contribution < -0.4 is 0 Å². The van der Waals surface area contributed by atoms with E-state index in [0.717, 1.165) is 18.4 Å². The molecule has 1 atom stereocenters. The molecule has 0 bridgehead atoms. The molecule has 0 saturated carbocycles. The molecule has 3 heteroatoms. The van der Waals surface area contributed by atoms with Gasteiger partial charge in [0.1, 0.15) is 0 Å². The van der Waals surface area contributed by atoms with Gasteiger partial charge in [0.15, 0.2) is 0 Å². The minimum atomic E-state index is -0.380. The lowest BCUT2D eigenvalue weighted by Crippen LogP contribution is -2.55.